The van der Waals surface area contributed by atoms with Crippen LogP contribution in [-0.2, 0) is 24.2 Å². The van der Waals surface area contributed by atoms with Crippen LogP contribution in [-0.4, -0.2) is 43.2 Å². The van der Waals surface area contributed by atoms with Crippen LogP contribution < -0.4 is 5.32 Å². The minimum Gasteiger partial charge on any atom is -0.463 e. The van der Waals surface area contributed by atoms with Crippen molar-refractivity contribution in [3.05, 3.63) is 47.0 Å². The summed E-state index contributed by atoms with van der Waals surface area (Å²) in [6.07, 6.45) is 6.22. The Morgan fingerprint density at radius 1 is 1.28 bits per heavy atom. The van der Waals surface area contributed by atoms with Crippen LogP contribution in [0.15, 0.2) is 40.6 Å². The smallest absolute Gasteiger partial charge is 0.302 e. The lowest BCUT2D eigenvalue weighted by Gasteiger charge is -2.12. The van der Waals surface area contributed by atoms with Crippen LogP contribution in [0.2, 0.25) is 0 Å². The predicted molar refractivity (Wildman–Crippen MR) is 122 cm³/mol. The Kier molecular flexibility index (Phi) is 7.81. The first kappa shape index (κ1) is 24.1. The van der Waals surface area contributed by atoms with Gasteiger partial charge in [-0.3, -0.25) is 14.9 Å². The van der Waals surface area contributed by atoms with Crippen molar-refractivity contribution in [3.8, 4) is 0 Å². The average molecular weight is 479 g/mol. The van der Waals surface area contributed by atoms with Gasteiger partial charge in [0.15, 0.2) is 15.0 Å². The van der Waals surface area contributed by atoms with Gasteiger partial charge in [0, 0.05) is 24.1 Å². The van der Waals surface area contributed by atoms with Crippen molar-refractivity contribution in [1.29, 1.82) is 0 Å². The van der Waals surface area contributed by atoms with Crippen LogP contribution in [0.4, 0.5) is 5.13 Å². The molecule has 1 fully saturated rings. The molecule has 1 atom stereocenters. The van der Waals surface area contributed by atoms with E-state index >= 15 is 0 Å². The van der Waals surface area contributed by atoms with Crippen molar-refractivity contribution in [2.45, 2.75) is 43.6 Å². The molecule has 1 aliphatic rings. The number of nitrogens with one attached hydrogen (secondary N) is 1. The minimum atomic E-state index is -3.34. The zero-order valence-electron chi connectivity index (χ0n) is 17.9. The predicted octanol–water partition coefficient (Wildman–Crippen LogP) is 3.36. The number of carbonyl (C=O) groups is 2. The Morgan fingerprint density at radius 2 is 1.94 bits per heavy atom. The summed E-state index contributed by atoms with van der Waals surface area (Å²) in [5.41, 5.74) is 1.37. The van der Waals surface area contributed by atoms with E-state index in [1.54, 1.807) is 17.5 Å². The second-order valence-electron chi connectivity index (χ2n) is 7.77. The standard InChI is InChI=1S/C22H26N2O6S2/c1-14(25)30-12-20(26)19-13-31-22(23-19)24-21(27)18(11-15-5-3-4-6-15)16-7-9-17(10-8-16)32(2,28)29/h7-11,13,15,20,26H,3-6,12H2,1-2H3,(H,23,24,27). The van der Waals surface area contributed by atoms with E-state index < -0.39 is 21.9 Å². The maximum absolute atomic E-state index is 13.1. The molecule has 1 amide bonds. The molecule has 1 saturated carbocycles. The third-order valence-electron chi connectivity index (χ3n) is 5.17. The van der Waals surface area contributed by atoms with Gasteiger partial charge in [0.25, 0.3) is 5.91 Å². The molecule has 10 heteroatoms. The van der Waals surface area contributed by atoms with E-state index in [1.807, 2.05) is 6.08 Å². The number of nitrogens with zero attached hydrogens (tertiary/aromatic N) is 1. The molecule has 1 aromatic carbocycles. The Bertz CT molecular complexity index is 1100. The van der Waals surface area contributed by atoms with E-state index in [2.05, 4.69) is 10.3 Å². The Hall–Kier alpha value is -2.56. The molecule has 172 valence electrons. The van der Waals surface area contributed by atoms with Crippen LogP contribution in [0.3, 0.4) is 0 Å². The number of hydrogen-bond donors (Lipinski definition) is 2. The number of esters is 1. The topological polar surface area (TPSA) is 123 Å². The second-order valence-corrected chi connectivity index (χ2v) is 10.6. The number of amides is 1. The van der Waals surface area contributed by atoms with Gasteiger partial charge in [0.1, 0.15) is 12.7 Å². The quantitative estimate of drug-likeness (QED) is 0.440. The highest BCUT2D eigenvalue weighted by atomic mass is 32.2. The van der Waals surface area contributed by atoms with Crippen molar-refractivity contribution in [2.75, 3.05) is 18.2 Å². The first-order valence-corrected chi connectivity index (χ1v) is 13.0. The number of aliphatic hydroxyl groups is 1. The number of benzene rings is 1. The molecule has 8 nitrogen and oxygen atoms in total. The van der Waals surface area contributed by atoms with E-state index in [9.17, 15) is 23.1 Å². The van der Waals surface area contributed by atoms with Gasteiger partial charge in [-0.05, 0) is 36.5 Å². The zero-order valence-corrected chi connectivity index (χ0v) is 19.5. The third-order valence-corrected chi connectivity index (χ3v) is 7.07. The second kappa shape index (κ2) is 10.4. The molecule has 0 saturated heterocycles. The summed E-state index contributed by atoms with van der Waals surface area (Å²) in [7, 11) is -3.34. The van der Waals surface area contributed by atoms with Crippen LogP contribution >= 0.6 is 11.3 Å². The minimum absolute atomic E-state index is 0.188. The number of aliphatic hydroxyl groups excluding tert-OH is 1. The summed E-state index contributed by atoms with van der Waals surface area (Å²) in [6.45, 7) is 1.03. The van der Waals surface area contributed by atoms with Crippen molar-refractivity contribution in [1.82, 2.24) is 4.98 Å². The molecule has 1 aliphatic carbocycles. The van der Waals surface area contributed by atoms with Gasteiger partial charge < -0.3 is 9.84 Å². The number of sulfone groups is 1. The fourth-order valence-electron chi connectivity index (χ4n) is 3.49. The molecule has 0 bridgehead atoms. The highest BCUT2D eigenvalue weighted by Gasteiger charge is 2.21. The van der Waals surface area contributed by atoms with Crippen LogP contribution in [0.5, 0.6) is 0 Å². The molecule has 0 radical (unpaired) electrons. The highest BCUT2D eigenvalue weighted by molar-refractivity contribution is 7.90. The largest absolute Gasteiger partial charge is 0.463 e. The zero-order chi connectivity index (χ0) is 23.3. The number of aromatic nitrogens is 1. The van der Waals surface area contributed by atoms with Gasteiger partial charge in [0.2, 0.25) is 0 Å². The maximum Gasteiger partial charge on any atom is 0.302 e. The van der Waals surface area contributed by atoms with Gasteiger partial charge in [-0.15, -0.1) is 11.3 Å². The lowest BCUT2D eigenvalue weighted by atomic mass is 9.98. The monoisotopic (exact) mass is 478 g/mol. The van der Waals surface area contributed by atoms with Gasteiger partial charge in [-0.25, -0.2) is 13.4 Å². The Labute approximate surface area is 191 Å². The Balaban J connectivity index is 1.80. The first-order chi connectivity index (χ1) is 15.1. The normalized spacial score (nSPS) is 16.0. The molecular formula is C22H26N2O6S2. The van der Waals surface area contributed by atoms with Crippen molar-refractivity contribution in [2.24, 2.45) is 5.92 Å². The van der Waals surface area contributed by atoms with E-state index in [0.29, 0.717) is 22.0 Å². The number of carbonyl (C=O) groups excluding carboxylic acids is 2. The number of anilines is 1. The molecule has 1 heterocycles. The van der Waals surface area contributed by atoms with Crippen LogP contribution in [0, 0.1) is 5.92 Å². The summed E-state index contributed by atoms with van der Waals surface area (Å²) in [4.78, 5) is 28.4. The number of allylic oxidation sites excluding steroid dienone is 1. The summed E-state index contributed by atoms with van der Waals surface area (Å²) in [5.74, 6) is -0.585. The summed E-state index contributed by atoms with van der Waals surface area (Å²) < 4.78 is 28.3. The SMILES string of the molecule is CC(=O)OCC(O)c1csc(NC(=O)C(=CC2CCCC2)c2ccc(S(C)(=O)=O)cc2)n1. The summed E-state index contributed by atoms with van der Waals surface area (Å²) in [6, 6.07) is 6.25. The summed E-state index contributed by atoms with van der Waals surface area (Å²) in [5, 5.41) is 14.7. The average Bonchev–Trinajstić information content (AvgIpc) is 3.41. The molecule has 2 aromatic rings. The lowest BCUT2D eigenvalue weighted by Crippen LogP contribution is -2.15. The van der Waals surface area contributed by atoms with Crippen LogP contribution in [0.25, 0.3) is 5.57 Å². The van der Waals surface area contributed by atoms with Gasteiger partial charge in [-0.2, -0.15) is 0 Å². The third kappa shape index (κ3) is 6.47. The highest BCUT2D eigenvalue weighted by Crippen LogP contribution is 2.30. The van der Waals surface area contributed by atoms with Crippen molar-refractivity contribution in [3.63, 3.8) is 0 Å². The van der Waals surface area contributed by atoms with E-state index in [0.717, 1.165) is 43.3 Å². The summed E-state index contributed by atoms with van der Waals surface area (Å²) >= 11 is 1.15. The van der Waals surface area contributed by atoms with Crippen LogP contribution in [0.1, 0.15) is 50.0 Å². The van der Waals surface area contributed by atoms with E-state index in [1.165, 1.54) is 19.1 Å². The molecule has 0 aliphatic heterocycles. The molecule has 3 rings (SSSR count). The van der Waals surface area contributed by atoms with Gasteiger partial charge in [0.05, 0.1) is 10.6 Å². The Morgan fingerprint density at radius 3 is 2.53 bits per heavy atom. The van der Waals surface area contributed by atoms with Crippen molar-refractivity contribution < 1.29 is 27.9 Å². The molecule has 32 heavy (non-hydrogen) atoms. The molecular weight excluding hydrogens is 452 g/mol. The lowest BCUT2D eigenvalue weighted by molar-refractivity contribution is -0.144. The molecule has 2 N–H and O–H groups in total. The van der Waals surface area contributed by atoms with Gasteiger partial charge >= 0.3 is 5.97 Å². The first-order valence-electron chi connectivity index (χ1n) is 10.2. The number of hydrogen-bond acceptors (Lipinski definition) is 8. The number of ether oxygens (including phenoxy) is 1. The molecule has 0 spiro atoms. The van der Waals surface area contributed by atoms with Gasteiger partial charge in [-0.1, -0.05) is 31.1 Å². The fraction of sp³-hybridized carbons (Fsp3) is 0.409. The number of rotatable bonds is 8. The van der Waals surface area contributed by atoms with E-state index in [-0.39, 0.29) is 23.3 Å². The maximum atomic E-state index is 13.1. The van der Waals surface area contributed by atoms with E-state index in [4.69, 9.17) is 4.74 Å². The molecule has 1 unspecified atom stereocenters. The van der Waals surface area contributed by atoms with Crippen molar-refractivity contribution >= 4 is 43.8 Å². The molecule has 1 aromatic heterocycles. The number of thiazole rings is 1. The fourth-order valence-corrected chi connectivity index (χ4v) is 4.87.